The molecular formula is C106H201F3N12O12. The van der Waals surface area contributed by atoms with Crippen LogP contribution in [-0.4, -0.2) is 349 Å². The number of piperazine rings is 2. The Kier molecular flexibility index (Phi) is 63.0. The molecule has 8 atom stereocenters. The van der Waals surface area contributed by atoms with Crippen LogP contribution in [0, 0.1) is 71.0 Å². The van der Waals surface area contributed by atoms with Crippen molar-refractivity contribution in [3.05, 3.63) is 12.4 Å². The van der Waals surface area contributed by atoms with Gasteiger partial charge in [-0.1, -0.05) is 131 Å². The Balaban J connectivity index is 0.000000763. The third-order valence-electron chi connectivity index (χ3n) is 26.7. The van der Waals surface area contributed by atoms with Crippen LogP contribution < -0.4 is 11.1 Å². The van der Waals surface area contributed by atoms with Gasteiger partial charge in [0.25, 0.3) is 0 Å². The zero-order valence-electron chi connectivity index (χ0n) is 89.5. The Morgan fingerprint density at radius 1 is 0.444 bits per heavy atom. The zero-order valence-corrected chi connectivity index (χ0v) is 89.5. The molecule has 0 aromatic carbocycles. The number of hydrogen-bond donors (Lipinski definition) is 5. The minimum Gasteiger partial charge on any atom is -0.394 e. The molecule has 0 saturated carbocycles. The van der Waals surface area contributed by atoms with Gasteiger partial charge >= 0.3 is 0 Å². The lowest BCUT2D eigenvalue weighted by molar-refractivity contribution is -0.136. The molecule has 8 aliphatic heterocycles. The molecule has 8 aliphatic rings. The van der Waals surface area contributed by atoms with Crippen molar-refractivity contribution in [3.8, 4) is 0 Å². The first-order valence-electron chi connectivity index (χ1n) is 52.0. The Labute approximate surface area is 808 Å². The van der Waals surface area contributed by atoms with Gasteiger partial charge in [0.2, 0.25) is 5.91 Å². The van der Waals surface area contributed by atoms with E-state index < -0.39 is 41.3 Å². The van der Waals surface area contributed by atoms with E-state index in [1.54, 1.807) is 4.90 Å². The van der Waals surface area contributed by atoms with Gasteiger partial charge in [-0.2, -0.15) is 0 Å². The molecular weight excluding hydrogens is 1690 g/mol. The molecule has 0 bridgehead atoms. The number of aliphatic hydroxyl groups is 3. The molecule has 0 spiro atoms. The second-order valence-electron chi connectivity index (χ2n) is 45.4. The van der Waals surface area contributed by atoms with Crippen molar-refractivity contribution >= 4 is 52.2 Å². The smallest absolute Gasteiger partial charge is 0.242 e. The van der Waals surface area contributed by atoms with Crippen LogP contribution in [0.25, 0.3) is 0 Å². The normalized spacial score (nSPS) is 22.2. The summed E-state index contributed by atoms with van der Waals surface area (Å²) in [6, 6.07) is -0.588. The predicted octanol–water partition coefficient (Wildman–Crippen LogP) is 15.2. The number of Topliss-reactive ketones (excluding diaryl/α,β-unsaturated/α-hetero) is 8. The highest BCUT2D eigenvalue weighted by Crippen LogP contribution is 2.33. The highest BCUT2D eigenvalue weighted by Gasteiger charge is 2.39. The van der Waals surface area contributed by atoms with Crippen LogP contribution >= 0.6 is 0 Å². The Morgan fingerprint density at radius 3 is 1.20 bits per heavy atom. The first-order chi connectivity index (χ1) is 61.9. The number of rotatable bonds is 40. The van der Waals surface area contributed by atoms with Gasteiger partial charge in [0.1, 0.15) is 70.3 Å². The molecule has 1 amide bonds. The van der Waals surface area contributed by atoms with Gasteiger partial charge in [-0.3, -0.25) is 57.9 Å². The second kappa shape index (κ2) is 66.2. The third kappa shape index (κ3) is 57.7. The van der Waals surface area contributed by atoms with Crippen LogP contribution in [-0.2, 0) is 43.2 Å². The van der Waals surface area contributed by atoms with E-state index in [0.717, 1.165) is 162 Å². The average molecular weight is 1890 g/mol. The largest absolute Gasteiger partial charge is 0.394 e. The summed E-state index contributed by atoms with van der Waals surface area (Å²) in [5, 5.41) is 32.0. The number of amides is 1. The fourth-order valence-electron chi connectivity index (χ4n) is 18.1. The lowest BCUT2D eigenvalue weighted by Crippen LogP contribution is -2.51. The summed E-state index contributed by atoms with van der Waals surface area (Å²) in [4.78, 5) is 127. The summed E-state index contributed by atoms with van der Waals surface area (Å²) in [5.41, 5.74) is 3.24. The summed E-state index contributed by atoms with van der Waals surface area (Å²) in [6.45, 7) is 70.0. The summed E-state index contributed by atoms with van der Waals surface area (Å²) < 4.78 is 42.5. The van der Waals surface area contributed by atoms with Crippen LogP contribution in [0.3, 0.4) is 0 Å². The number of nitrogens with one attached hydrogen (secondary N) is 1. The molecule has 24 nitrogen and oxygen atoms in total. The first kappa shape index (κ1) is 126. The van der Waals surface area contributed by atoms with E-state index in [9.17, 15) is 71.6 Å². The average Bonchev–Trinajstić information content (AvgIpc) is 0.839. The van der Waals surface area contributed by atoms with Gasteiger partial charge in [0, 0.05) is 194 Å². The molecule has 133 heavy (non-hydrogen) atoms. The van der Waals surface area contributed by atoms with Gasteiger partial charge < -0.3 is 60.7 Å². The number of nitrogens with zero attached hydrogens (tertiary/aromatic N) is 10. The van der Waals surface area contributed by atoms with Crippen molar-refractivity contribution in [1.29, 1.82) is 0 Å². The van der Waals surface area contributed by atoms with Crippen molar-refractivity contribution < 1.29 is 71.6 Å². The number of carbonyl (C=O) groups excluding carboxylic acids is 9. The van der Waals surface area contributed by atoms with Crippen molar-refractivity contribution in [2.24, 2.45) is 76.7 Å². The summed E-state index contributed by atoms with van der Waals surface area (Å²) in [5.74, 6) is 7.00. The van der Waals surface area contributed by atoms with Crippen molar-refractivity contribution in [2.45, 2.75) is 367 Å². The topological polar surface area (TPSA) is 285 Å². The van der Waals surface area contributed by atoms with Gasteiger partial charge in [0.15, 0.2) is 0 Å². The highest BCUT2D eigenvalue weighted by atomic mass is 19.1. The summed E-state index contributed by atoms with van der Waals surface area (Å²) in [7, 11) is 8.32. The maximum atomic E-state index is 14.4. The lowest BCUT2D eigenvalue weighted by Gasteiger charge is -2.39. The fourth-order valence-corrected chi connectivity index (χ4v) is 18.1. The fraction of sp³-hybridized carbons (Fsp3) is 0.896. The number of ketones is 8. The third-order valence-corrected chi connectivity index (χ3v) is 26.7. The number of likely N-dealkylation sites (tertiary alicyclic amines) is 6. The van der Waals surface area contributed by atoms with Crippen LogP contribution in [0.1, 0.15) is 313 Å². The molecule has 8 fully saturated rings. The Hall–Kier alpha value is -4.52. The SMILES string of the molecule is C=C(NC(C)(C)CO)N1CCC(CC(=O)CC(C)C)C(F)C1.CC(C)CC(=O)C(C)N1CCC(C)CC1.CC(C)CC(=O)C(C)N1CCN(C)CC1.CC(C)CC(=O)CC1(F)CCN(C)CC1.CC(C)CC(=O)CC1(O)CCN(C)CC1.CC(C)CC(=O)CC1CCN(C(=O)C(N)C(C)O)CC1.CC(C)CC(=O)CN1CCN(C)CC1.CCCN1CCC(CC(=O)CC(C)C)C(F)C1. The van der Waals surface area contributed by atoms with Crippen LogP contribution in [0.2, 0.25) is 0 Å². The Morgan fingerprint density at radius 2 is 0.805 bits per heavy atom. The number of hydrogen-bond acceptors (Lipinski definition) is 23. The van der Waals surface area contributed by atoms with E-state index in [4.69, 9.17) is 5.73 Å². The molecule has 8 unspecified atom stereocenters. The summed E-state index contributed by atoms with van der Waals surface area (Å²) >= 11 is 0. The van der Waals surface area contributed by atoms with E-state index in [2.05, 4.69) is 155 Å². The predicted molar refractivity (Wildman–Crippen MR) is 540 cm³/mol. The number of carbonyl (C=O) groups is 9. The van der Waals surface area contributed by atoms with E-state index in [0.29, 0.717) is 198 Å². The quantitative estimate of drug-likeness (QED) is 0.0381. The zero-order chi connectivity index (χ0) is 101. The standard InChI is InChI=1S/C17H31FN2O2.C15H28N2O3.C14H26FNO.C13H25NO.C12H22FNO.C12H24N2O.C12H23NO2.C11H22N2O/c1-12(2)8-15(22)9-14-6-7-20(10-16(14)18)13(3)19-17(4,5)11-21;1-10(2)8-13(19)9-12-4-6-17(7-5-12)15(20)14(16)11(3)18;1-4-6-16-7-5-12(14(15)10-16)9-13(17)8-11(2)3;1-10(2)9-13(15)12(4)14-7-5-11(3)6-8-14;1-10(2)8-11(15)9-12(13)4-6-14(3)7-5-12;1-10(2)9-12(15)11(3)14-7-5-13(4)6-8-14;1-10(2)8-11(14)9-12(15)4-6-13(3)7-5-12;1-10(2)8-11(14)9-13-6-4-12(3)5-7-13/h12,14,16,19,21H,3,6-11H2,1-2,4-5H3;10-12,14,18H,4-9,16H2,1-3H3;11-12,14H,4-10H2,1-3H3;10-12H,5-9H2,1-4H3;10H,4-9H2,1-3H3;10-11H,5-9H2,1-4H3;10,15H,4-9H2,1-3H3;10H,4-9H2,1-3H3. The molecule has 0 aromatic heterocycles. The number of piperidine rings is 6. The highest BCUT2D eigenvalue weighted by molar-refractivity contribution is 5.85. The van der Waals surface area contributed by atoms with Crippen molar-refractivity contribution in [3.63, 3.8) is 0 Å². The molecule has 8 rings (SSSR count). The molecule has 8 saturated heterocycles. The van der Waals surface area contributed by atoms with Gasteiger partial charge in [-0.25, -0.2) is 13.2 Å². The van der Waals surface area contributed by atoms with E-state index in [1.807, 2.05) is 81.2 Å². The van der Waals surface area contributed by atoms with Crippen molar-refractivity contribution in [2.75, 3.05) is 179 Å². The van der Waals surface area contributed by atoms with E-state index >= 15 is 0 Å². The van der Waals surface area contributed by atoms with Crippen LogP contribution in [0.5, 0.6) is 0 Å². The second-order valence-corrected chi connectivity index (χ2v) is 45.4. The maximum Gasteiger partial charge on any atom is 0.242 e. The van der Waals surface area contributed by atoms with Gasteiger partial charge in [-0.05, 0) is 225 Å². The van der Waals surface area contributed by atoms with Gasteiger partial charge in [-0.15, -0.1) is 0 Å². The van der Waals surface area contributed by atoms with E-state index in [-0.39, 0.29) is 72.5 Å². The molecule has 0 aromatic rings. The number of alkyl halides is 3. The summed E-state index contributed by atoms with van der Waals surface area (Å²) in [6.07, 6.45) is 13.5. The number of aliphatic hydroxyl groups excluding tert-OH is 2. The molecule has 0 aliphatic carbocycles. The number of nitrogens with two attached hydrogens (primary N) is 1. The molecule has 8 heterocycles. The van der Waals surface area contributed by atoms with Crippen molar-refractivity contribution in [1.82, 2.24) is 54.3 Å². The number of halogens is 3. The Bertz CT molecular complexity index is 3170. The van der Waals surface area contributed by atoms with Crippen LogP contribution in [0.4, 0.5) is 13.2 Å². The van der Waals surface area contributed by atoms with Gasteiger partial charge in [0.05, 0.1) is 54.8 Å². The van der Waals surface area contributed by atoms with Crippen LogP contribution in [0.15, 0.2) is 12.4 Å². The lowest BCUT2D eigenvalue weighted by atomic mass is 9.85. The first-order valence-corrected chi connectivity index (χ1v) is 52.0. The molecule has 0 radical (unpaired) electrons. The molecule has 778 valence electrons. The molecule has 6 N–H and O–H groups in total. The molecule has 27 heteroatoms. The maximum absolute atomic E-state index is 14.4. The minimum atomic E-state index is -1.22. The van der Waals surface area contributed by atoms with E-state index in [1.165, 1.54) is 19.8 Å². The number of likely N-dealkylation sites (N-methyl/N-ethyl adjacent to an activating group) is 2. The monoisotopic (exact) mass is 1890 g/mol. The minimum absolute atomic E-state index is 0.0226.